The highest BCUT2D eigenvalue weighted by atomic mass is 79.9. The average Bonchev–Trinajstić information content (AvgIpc) is 2.75. The van der Waals surface area contributed by atoms with Crippen LogP contribution in [0.5, 0.6) is 5.75 Å². The molecule has 0 bridgehead atoms. The minimum atomic E-state index is -0.549. The Morgan fingerprint density at radius 2 is 1.77 bits per heavy atom. The predicted octanol–water partition coefficient (Wildman–Crippen LogP) is 7.19. The predicted molar refractivity (Wildman–Crippen MR) is 128 cm³/mol. The topological polar surface area (TPSA) is 62.1 Å². The molecular weight excluding hydrogens is 499 g/mol. The molecule has 0 spiro atoms. The zero-order valence-electron chi connectivity index (χ0n) is 16.5. The maximum atomic E-state index is 12.7. The van der Waals surface area contributed by atoms with Crippen LogP contribution in [-0.4, -0.2) is 5.91 Å². The van der Waals surface area contributed by atoms with Crippen LogP contribution in [0, 0.1) is 18.3 Å². The summed E-state index contributed by atoms with van der Waals surface area (Å²) >= 11 is 15.6. The molecule has 0 atom stereocenters. The van der Waals surface area contributed by atoms with E-state index < -0.39 is 5.91 Å². The third-order valence-electron chi connectivity index (χ3n) is 4.39. The number of carbonyl (C=O) groups is 1. The molecule has 3 aromatic carbocycles. The molecule has 4 nitrogen and oxygen atoms in total. The lowest BCUT2D eigenvalue weighted by molar-refractivity contribution is -0.112. The van der Waals surface area contributed by atoms with E-state index in [9.17, 15) is 10.1 Å². The molecule has 0 radical (unpaired) electrons. The summed E-state index contributed by atoms with van der Waals surface area (Å²) in [6.07, 6.45) is 1.46. The zero-order valence-corrected chi connectivity index (χ0v) is 19.6. The van der Waals surface area contributed by atoms with E-state index in [0.717, 1.165) is 15.6 Å². The number of halogens is 3. The quantitative estimate of drug-likeness (QED) is 0.279. The second kappa shape index (κ2) is 10.5. The van der Waals surface area contributed by atoms with Crippen LogP contribution < -0.4 is 10.1 Å². The number of nitrogens with zero attached hydrogens (tertiary/aromatic N) is 1. The maximum absolute atomic E-state index is 12.7. The van der Waals surface area contributed by atoms with Gasteiger partial charge in [-0.05, 0) is 66.6 Å². The van der Waals surface area contributed by atoms with E-state index in [2.05, 4.69) is 21.2 Å². The summed E-state index contributed by atoms with van der Waals surface area (Å²) in [6.45, 7) is 2.16. The summed E-state index contributed by atoms with van der Waals surface area (Å²) in [5.74, 6) is -0.0430. The van der Waals surface area contributed by atoms with Gasteiger partial charge < -0.3 is 10.1 Å². The number of carbonyl (C=O) groups excluding carboxylic acids is 1. The van der Waals surface area contributed by atoms with Crippen molar-refractivity contribution >= 4 is 56.8 Å². The van der Waals surface area contributed by atoms with Crippen molar-refractivity contribution in [3.63, 3.8) is 0 Å². The van der Waals surface area contributed by atoms with Gasteiger partial charge in [-0.2, -0.15) is 5.26 Å². The van der Waals surface area contributed by atoms with Gasteiger partial charge in [0.25, 0.3) is 5.91 Å². The summed E-state index contributed by atoms with van der Waals surface area (Å²) in [5, 5.41) is 13.2. The molecule has 0 aliphatic rings. The maximum Gasteiger partial charge on any atom is 0.266 e. The number of nitrogens with one attached hydrogen (secondary N) is 1. The van der Waals surface area contributed by atoms with Crippen molar-refractivity contribution in [2.45, 2.75) is 13.5 Å². The van der Waals surface area contributed by atoms with Crippen molar-refractivity contribution in [3.05, 3.63) is 97.4 Å². The van der Waals surface area contributed by atoms with Gasteiger partial charge in [-0.3, -0.25) is 4.79 Å². The lowest BCUT2D eigenvalue weighted by Gasteiger charge is -2.11. The Morgan fingerprint density at radius 1 is 1.10 bits per heavy atom. The number of hydrogen-bond acceptors (Lipinski definition) is 3. The van der Waals surface area contributed by atoms with E-state index in [1.165, 1.54) is 6.08 Å². The Kier molecular flexibility index (Phi) is 7.75. The molecule has 7 heteroatoms. The van der Waals surface area contributed by atoms with E-state index in [0.29, 0.717) is 33.7 Å². The highest BCUT2D eigenvalue weighted by Crippen LogP contribution is 2.27. The van der Waals surface area contributed by atoms with Crippen LogP contribution in [0.1, 0.15) is 16.7 Å². The van der Waals surface area contributed by atoms with Crippen LogP contribution in [0.25, 0.3) is 6.08 Å². The smallest absolute Gasteiger partial charge is 0.266 e. The average molecular weight is 516 g/mol. The molecule has 0 saturated carbocycles. The first-order valence-electron chi connectivity index (χ1n) is 9.22. The summed E-state index contributed by atoms with van der Waals surface area (Å²) in [5.41, 5.74) is 2.78. The van der Waals surface area contributed by atoms with Crippen LogP contribution in [0.2, 0.25) is 10.0 Å². The van der Waals surface area contributed by atoms with E-state index in [4.69, 9.17) is 27.9 Å². The minimum Gasteiger partial charge on any atom is -0.488 e. The normalized spacial score (nSPS) is 11.0. The van der Waals surface area contributed by atoms with Gasteiger partial charge in [0.05, 0.1) is 0 Å². The molecule has 3 rings (SSSR count). The lowest BCUT2D eigenvalue weighted by atomic mass is 10.1. The van der Waals surface area contributed by atoms with Gasteiger partial charge in [0.15, 0.2) is 0 Å². The summed E-state index contributed by atoms with van der Waals surface area (Å²) in [4.78, 5) is 12.7. The minimum absolute atomic E-state index is 0.0878. The molecule has 0 aliphatic carbocycles. The molecule has 0 aliphatic heterocycles. The van der Waals surface area contributed by atoms with Crippen LogP contribution in [0.15, 0.2) is 70.7 Å². The lowest BCUT2D eigenvalue weighted by Crippen LogP contribution is -2.14. The van der Waals surface area contributed by atoms with Crippen molar-refractivity contribution in [2.24, 2.45) is 0 Å². The Balaban J connectivity index is 1.84. The Morgan fingerprint density at radius 3 is 2.48 bits per heavy atom. The molecule has 0 saturated heterocycles. The Hall–Kier alpha value is -2.78. The van der Waals surface area contributed by atoms with Gasteiger partial charge >= 0.3 is 0 Å². The molecule has 3 aromatic rings. The molecule has 0 heterocycles. The summed E-state index contributed by atoms with van der Waals surface area (Å²) < 4.78 is 6.90. The van der Waals surface area contributed by atoms with Gasteiger partial charge in [0, 0.05) is 25.8 Å². The zero-order chi connectivity index (χ0) is 22.4. The second-order valence-corrected chi connectivity index (χ2v) is 8.47. The third-order valence-corrected chi connectivity index (χ3v) is 5.39. The molecule has 0 fully saturated rings. The fraction of sp³-hybridized carbons (Fsp3) is 0.0833. The van der Waals surface area contributed by atoms with E-state index >= 15 is 0 Å². The van der Waals surface area contributed by atoms with E-state index in [-0.39, 0.29) is 5.57 Å². The first kappa shape index (κ1) is 22.9. The number of rotatable bonds is 6. The van der Waals surface area contributed by atoms with Crippen LogP contribution in [0.4, 0.5) is 5.69 Å². The third kappa shape index (κ3) is 6.35. The van der Waals surface area contributed by atoms with Gasteiger partial charge in [-0.1, -0.05) is 57.3 Å². The molecule has 0 unspecified atom stereocenters. The molecule has 31 heavy (non-hydrogen) atoms. The van der Waals surface area contributed by atoms with Crippen molar-refractivity contribution in [2.75, 3.05) is 5.32 Å². The number of benzene rings is 3. The van der Waals surface area contributed by atoms with E-state index in [1.807, 2.05) is 37.3 Å². The SMILES string of the molecule is Cc1ccc(Cl)cc1NC(=O)/C(C#N)=C/c1cc(Cl)ccc1OCc1ccc(Br)cc1. The molecule has 1 N–H and O–H groups in total. The second-order valence-electron chi connectivity index (χ2n) is 6.68. The molecular formula is C24H17BrCl2N2O2. The molecule has 156 valence electrons. The van der Waals surface area contributed by atoms with Crippen molar-refractivity contribution in [1.82, 2.24) is 0 Å². The van der Waals surface area contributed by atoms with Crippen LogP contribution in [-0.2, 0) is 11.4 Å². The fourth-order valence-corrected chi connectivity index (χ4v) is 3.34. The van der Waals surface area contributed by atoms with Crippen LogP contribution in [0.3, 0.4) is 0 Å². The molecule has 0 aromatic heterocycles. The van der Waals surface area contributed by atoms with Crippen LogP contribution >= 0.6 is 39.1 Å². The number of aryl methyl sites for hydroxylation is 1. The first-order valence-corrected chi connectivity index (χ1v) is 10.8. The highest BCUT2D eigenvalue weighted by molar-refractivity contribution is 9.10. The largest absolute Gasteiger partial charge is 0.488 e. The Bertz CT molecular complexity index is 1190. The number of anilines is 1. The van der Waals surface area contributed by atoms with E-state index in [1.54, 1.807) is 36.4 Å². The number of ether oxygens (including phenoxy) is 1. The summed E-state index contributed by atoms with van der Waals surface area (Å²) in [7, 11) is 0. The summed E-state index contributed by atoms with van der Waals surface area (Å²) in [6, 6.07) is 19.9. The Labute approximate surface area is 199 Å². The van der Waals surface area contributed by atoms with Crippen molar-refractivity contribution < 1.29 is 9.53 Å². The molecule has 1 amide bonds. The standard InChI is InChI=1S/C24H17BrCl2N2O2/c1-15-2-7-21(27)12-22(15)29-24(30)18(13-28)10-17-11-20(26)8-9-23(17)31-14-16-3-5-19(25)6-4-16/h2-12H,14H2,1H3,(H,29,30)/b18-10+. The number of nitriles is 1. The van der Waals surface area contributed by atoms with Gasteiger partial charge in [0.1, 0.15) is 24.0 Å². The fourth-order valence-electron chi connectivity index (χ4n) is 2.73. The highest BCUT2D eigenvalue weighted by Gasteiger charge is 2.13. The monoisotopic (exact) mass is 514 g/mol. The number of hydrogen-bond donors (Lipinski definition) is 1. The van der Waals surface area contributed by atoms with Gasteiger partial charge in [-0.15, -0.1) is 0 Å². The number of amides is 1. The van der Waals surface area contributed by atoms with Gasteiger partial charge in [0.2, 0.25) is 0 Å². The van der Waals surface area contributed by atoms with Crippen molar-refractivity contribution in [1.29, 1.82) is 5.26 Å². The van der Waals surface area contributed by atoms with Gasteiger partial charge in [-0.25, -0.2) is 0 Å². The first-order chi connectivity index (χ1) is 14.9. The van der Waals surface area contributed by atoms with Crippen molar-refractivity contribution in [3.8, 4) is 11.8 Å².